The van der Waals surface area contributed by atoms with Crippen LogP contribution in [0.4, 0.5) is 0 Å². The van der Waals surface area contributed by atoms with E-state index in [4.69, 9.17) is 0 Å². The van der Waals surface area contributed by atoms with Gasteiger partial charge in [-0.05, 0) is 24.7 Å². The number of hydrogen-bond acceptors (Lipinski definition) is 0. The van der Waals surface area contributed by atoms with Gasteiger partial charge in [0, 0.05) is 0 Å². The number of fused-ring (bicyclic) bond motifs is 2. The van der Waals surface area contributed by atoms with Crippen LogP contribution in [0.1, 0.15) is 52.4 Å². The first-order chi connectivity index (χ1) is 12.5. The minimum Gasteiger partial charge on any atom is -1.00 e. The molecule has 4 rings (SSSR count). The van der Waals surface area contributed by atoms with Crippen molar-refractivity contribution in [2.75, 3.05) is 0 Å². The van der Waals surface area contributed by atoms with Crippen molar-refractivity contribution in [3.05, 3.63) is 60.4 Å². The third kappa shape index (κ3) is 9.67. The zero-order chi connectivity index (χ0) is 18.9. The topological polar surface area (TPSA) is 0 Å². The molecule has 2 saturated carbocycles. The summed E-state index contributed by atoms with van der Waals surface area (Å²) in [4.78, 5) is 0. The molecule has 4 aliphatic carbocycles. The molecule has 0 N–H and O–H groups in total. The van der Waals surface area contributed by atoms with Crippen LogP contribution in [0, 0.1) is 36.5 Å². The fraction of sp³-hybridized carbons (Fsp3) is 0.583. The Kier molecular flexibility index (Phi) is 15.9. The SMILES string of the molecule is CCC1[CH-]C2=CC=CCC2C1.CCC1[CH-]C2=CC=CCC2C1.[CH3][Ge]([CH3])=[Hf+2].[Cl-].[Cl-]. The van der Waals surface area contributed by atoms with Crippen LogP contribution in [-0.2, 0) is 21.3 Å². The summed E-state index contributed by atoms with van der Waals surface area (Å²) in [5.41, 5.74) is 3.19. The van der Waals surface area contributed by atoms with Crippen LogP contribution in [0.15, 0.2) is 47.6 Å². The first-order valence-corrected chi connectivity index (χ1v) is 25.1. The number of halogens is 2. The zero-order valence-corrected chi connectivity index (χ0v) is 25.1. The predicted molar refractivity (Wildman–Crippen MR) is 114 cm³/mol. The number of allylic oxidation sites excluding steroid dienone is 8. The van der Waals surface area contributed by atoms with E-state index in [2.05, 4.69) is 74.7 Å². The smallest absolute Gasteiger partial charge is 1.00 e. The molecule has 4 aliphatic rings. The molecule has 0 amide bonds. The Bertz CT molecular complexity index is 541. The Hall–Kier alpha value is 0.693. The summed E-state index contributed by atoms with van der Waals surface area (Å²) in [7, 11) is -0.194. The van der Waals surface area contributed by atoms with Crippen LogP contribution in [-0.4, -0.2) is 10.1 Å². The Balaban J connectivity index is 0.000000415. The number of hydrogen-bond donors (Lipinski definition) is 0. The molecule has 0 aromatic rings. The quantitative estimate of drug-likeness (QED) is 0.311. The van der Waals surface area contributed by atoms with Gasteiger partial charge in [-0.15, -0.1) is 24.3 Å². The molecule has 0 bridgehead atoms. The van der Waals surface area contributed by atoms with E-state index in [1.807, 2.05) is 0 Å². The third-order valence-corrected chi connectivity index (χ3v) is 5.71. The van der Waals surface area contributed by atoms with E-state index in [1.165, 1.54) is 59.8 Å². The summed E-state index contributed by atoms with van der Waals surface area (Å²) in [6, 6.07) is 0. The minimum absolute atomic E-state index is 0. The molecule has 4 atom stereocenters. The molecule has 0 radical (unpaired) electrons. The van der Waals surface area contributed by atoms with E-state index in [1.54, 1.807) is 11.1 Å². The normalized spacial score (nSPS) is 28.1. The van der Waals surface area contributed by atoms with E-state index >= 15 is 0 Å². The average molecular weight is 647 g/mol. The van der Waals surface area contributed by atoms with Crippen molar-refractivity contribution < 1.29 is 46.1 Å². The molecule has 28 heavy (non-hydrogen) atoms. The fourth-order valence-corrected chi connectivity index (χ4v) is 4.22. The second kappa shape index (κ2) is 15.5. The summed E-state index contributed by atoms with van der Waals surface area (Å²) in [6.45, 7) is 4.57. The molecule has 0 aliphatic heterocycles. The molecule has 4 unspecified atom stereocenters. The second-order valence-electron chi connectivity index (χ2n) is 8.20. The molecule has 2 fully saturated rings. The van der Waals surface area contributed by atoms with Crippen LogP contribution < -0.4 is 24.8 Å². The summed E-state index contributed by atoms with van der Waals surface area (Å²) >= 11 is 1.52. The van der Waals surface area contributed by atoms with Crippen molar-refractivity contribution >= 4 is 10.1 Å². The van der Waals surface area contributed by atoms with Crippen molar-refractivity contribution in [1.82, 2.24) is 0 Å². The van der Waals surface area contributed by atoms with Crippen LogP contribution in [0.5, 0.6) is 0 Å². The van der Waals surface area contributed by atoms with Crippen molar-refractivity contribution in [2.24, 2.45) is 23.7 Å². The maximum absolute atomic E-state index is 2.47. The molecule has 0 aromatic carbocycles. The van der Waals surface area contributed by atoms with E-state index in [0.29, 0.717) is 0 Å². The van der Waals surface area contributed by atoms with Crippen LogP contribution in [0.3, 0.4) is 0 Å². The Morgan fingerprint density at radius 2 is 1.21 bits per heavy atom. The summed E-state index contributed by atoms with van der Waals surface area (Å²) in [5.74, 6) is 8.26. The summed E-state index contributed by atoms with van der Waals surface area (Å²) in [5, 5.41) is 0. The number of rotatable bonds is 2. The van der Waals surface area contributed by atoms with Gasteiger partial charge in [0.05, 0.1) is 0 Å². The standard InChI is InChI=1S/2C11H15.C2H6Ge.2ClH.Hf/c2*1-2-9-7-10-5-3-4-6-11(10)8-9;1-3-2;;;/h2*3-5,7,9,11H,2,6,8H2,1H3;1-2H3;2*1H;/q2*-1;;;;+2/p-2. The fourth-order valence-electron chi connectivity index (χ4n) is 4.22. The van der Waals surface area contributed by atoms with Crippen molar-refractivity contribution in [1.29, 1.82) is 0 Å². The van der Waals surface area contributed by atoms with Gasteiger partial charge in [0.15, 0.2) is 0 Å². The monoisotopic (exact) mass is 648 g/mol. The zero-order valence-electron chi connectivity index (χ0n) is 17.9. The van der Waals surface area contributed by atoms with Gasteiger partial charge >= 0.3 is 42.8 Å². The van der Waals surface area contributed by atoms with E-state index in [0.717, 1.165) is 23.7 Å². The molecule has 0 saturated heterocycles. The van der Waals surface area contributed by atoms with E-state index in [9.17, 15) is 0 Å². The Labute approximate surface area is 202 Å². The molecule has 4 heteroatoms. The van der Waals surface area contributed by atoms with Gasteiger partial charge in [0.25, 0.3) is 0 Å². The first kappa shape index (κ1) is 28.7. The largest absolute Gasteiger partial charge is 1.00 e. The molecule has 156 valence electrons. The van der Waals surface area contributed by atoms with Gasteiger partial charge in [0.2, 0.25) is 0 Å². The third-order valence-electron chi connectivity index (χ3n) is 5.71. The van der Waals surface area contributed by atoms with E-state index < -0.39 is 0 Å². The maximum Gasteiger partial charge on any atom is -1.00 e. The van der Waals surface area contributed by atoms with Crippen LogP contribution in [0.25, 0.3) is 0 Å². The predicted octanol–water partition coefficient (Wildman–Crippen LogP) is 1.04. The maximum atomic E-state index is 2.47. The first-order valence-electron chi connectivity index (χ1n) is 10.5. The average Bonchev–Trinajstić information content (AvgIpc) is 3.24. The minimum atomic E-state index is -0.194. The van der Waals surface area contributed by atoms with Gasteiger partial charge in [0.1, 0.15) is 0 Å². The molecule has 0 aromatic heterocycles. The molecule has 0 spiro atoms. The summed E-state index contributed by atoms with van der Waals surface area (Å²) in [6.07, 6.45) is 26.4. The second-order valence-corrected chi connectivity index (χ2v) is 31.1. The molecular weight excluding hydrogens is 610 g/mol. The molecule has 0 heterocycles. The molecule has 0 nitrogen and oxygen atoms in total. The molecular formula is C24H36Cl2GeHf-2. The van der Waals surface area contributed by atoms with Crippen molar-refractivity contribution in [3.63, 3.8) is 0 Å². The van der Waals surface area contributed by atoms with Gasteiger partial charge in [-0.2, -0.15) is 0 Å². The Morgan fingerprint density at radius 1 is 0.857 bits per heavy atom. The van der Waals surface area contributed by atoms with Gasteiger partial charge in [-0.3, -0.25) is 0 Å². The van der Waals surface area contributed by atoms with Crippen molar-refractivity contribution in [3.8, 4) is 0 Å². The van der Waals surface area contributed by atoms with Crippen LogP contribution in [0.2, 0.25) is 11.5 Å². The van der Waals surface area contributed by atoms with Gasteiger partial charge in [-0.1, -0.05) is 51.4 Å². The Morgan fingerprint density at radius 3 is 1.50 bits per heavy atom. The van der Waals surface area contributed by atoms with E-state index in [-0.39, 0.29) is 34.9 Å². The van der Waals surface area contributed by atoms with Gasteiger partial charge in [-0.25, -0.2) is 36.1 Å². The van der Waals surface area contributed by atoms with Gasteiger partial charge < -0.3 is 24.8 Å². The summed E-state index contributed by atoms with van der Waals surface area (Å²) < 4.78 is 0. The van der Waals surface area contributed by atoms with Crippen molar-refractivity contribution in [2.45, 2.75) is 63.9 Å². The van der Waals surface area contributed by atoms with Crippen LogP contribution >= 0.6 is 0 Å².